The number of benzene rings is 4. The summed E-state index contributed by atoms with van der Waals surface area (Å²) in [5.41, 5.74) is 3.98. The Morgan fingerprint density at radius 3 is 0.289 bits per heavy atom. The van der Waals surface area contributed by atoms with Gasteiger partial charge in [-0.05, 0) is 319 Å². The second kappa shape index (κ2) is 20.0. The Labute approximate surface area is 426 Å². The van der Waals surface area contributed by atoms with E-state index >= 15 is 0 Å². The molecule has 0 spiro atoms. The molecule has 0 aliphatic rings. The molecule has 0 saturated heterocycles. The van der Waals surface area contributed by atoms with E-state index in [1.165, 1.54) is 0 Å². The van der Waals surface area contributed by atoms with Crippen molar-refractivity contribution in [3.05, 3.63) is 89.5 Å². The second-order valence-electron chi connectivity index (χ2n) is 7.78. The first-order valence-electron chi connectivity index (χ1n) is 10.3. The summed E-state index contributed by atoms with van der Waals surface area (Å²) in [6.45, 7) is 0. The lowest BCUT2D eigenvalue weighted by Gasteiger charge is -2.19. The molecule has 0 heterocycles. The molecule has 0 bridgehead atoms. The highest BCUT2D eigenvalue weighted by molar-refractivity contribution is 9.18. The fourth-order valence-electron chi connectivity index (χ4n) is 3.30. The SMILES string of the molecule is Brc1c(Br)c(Br)c(-c2c(Br)c(Br)c(Br)c(Br)c2Br)c(Br)c1Br.Brc1c(Br)c(Br)c(-c2c(Br)c(Br)c(Br)c(Br)c2Br)c(Br)c1Br.O. The van der Waals surface area contributed by atoms with Gasteiger partial charge in [0.05, 0.1) is 0 Å². The van der Waals surface area contributed by atoms with E-state index in [2.05, 4.69) is 319 Å². The smallest absolute Gasteiger partial charge is 0.0482 e. The van der Waals surface area contributed by atoms with E-state index in [4.69, 9.17) is 0 Å². The molecule has 1 nitrogen and oxygen atoms in total. The van der Waals surface area contributed by atoms with Crippen molar-refractivity contribution in [1.82, 2.24) is 0 Å². The Morgan fingerprint density at radius 1 is 0.133 bits per heavy atom. The first-order chi connectivity index (χ1) is 20.2. The molecule has 2 N–H and O–H groups in total. The number of rotatable bonds is 2. The lowest BCUT2D eigenvalue weighted by molar-refractivity contribution is 0.824. The average Bonchev–Trinajstić information content (AvgIpc) is 3.00. The van der Waals surface area contributed by atoms with E-state index < -0.39 is 0 Å². The summed E-state index contributed by atoms with van der Waals surface area (Å²) >= 11 is 72.5. The predicted octanol–water partition coefficient (Wildman–Crippen LogP) is 21.1. The van der Waals surface area contributed by atoms with E-state index in [1.807, 2.05) is 0 Å². The van der Waals surface area contributed by atoms with Crippen molar-refractivity contribution >= 4 is 319 Å². The van der Waals surface area contributed by atoms with Crippen molar-refractivity contribution in [1.29, 1.82) is 0 Å². The number of halogens is 20. The van der Waals surface area contributed by atoms with Gasteiger partial charge in [0.25, 0.3) is 0 Å². The van der Waals surface area contributed by atoms with Crippen molar-refractivity contribution in [2.45, 2.75) is 0 Å². The van der Waals surface area contributed by atoms with Gasteiger partial charge >= 0.3 is 0 Å². The van der Waals surface area contributed by atoms with Crippen molar-refractivity contribution in [3.8, 4) is 22.3 Å². The van der Waals surface area contributed by atoms with Crippen LogP contribution in [0.25, 0.3) is 22.3 Å². The van der Waals surface area contributed by atoms with Crippen LogP contribution in [0.5, 0.6) is 0 Å². The normalized spacial score (nSPS) is 10.9. The Bertz CT molecular complexity index is 1480. The summed E-state index contributed by atoms with van der Waals surface area (Å²) < 4.78 is 18.5. The van der Waals surface area contributed by atoms with Crippen LogP contribution < -0.4 is 0 Å². The van der Waals surface area contributed by atoms with Gasteiger partial charge in [-0.25, -0.2) is 0 Å². The van der Waals surface area contributed by atoms with Gasteiger partial charge in [0, 0.05) is 112 Å². The Kier molecular flexibility index (Phi) is 21.2. The largest absolute Gasteiger partial charge is 0.412 e. The quantitative estimate of drug-likeness (QED) is 0.142. The molecule has 0 amide bonds. The summed E-state index contributed by atoms with van der Waals surface area (Å²) in [7, 11) is 0. The van der Waals surface area contributed by atoms with Crippen LogP contribution in [0.1, 0.15) is 0 Å². The monoisotopic (exact) mass is 1880 g/mol. The third-order valence-electron chi connectivity index (χ3n) is 5.34. The van der Waals surface area contributed by atoms with Crippen LogP contribution in [-0.4, -0.2) is 5.48 Å². The van der Waals surface area contributed by atoms with Crippen LogP contribution in [-0.2, 0) is 0 Å². The van der Waals surface area contributed by atoms with E-state index in [9.17, 15) is 0 Å². The van der Waals surface area contributed by atoms with Gasteiger partial charge in [-0.1, -0.05) is 0 Å². The first kappa shape index (κ1) is 47.6. The molecule has 0 aromatic heterocycles. The standard InChI is InChI=1S/2C12Br10.H2O/c2*13-3-1(4(14)8(18)11(21)7(3)17)2-5(15)9(19)12(22)10(20)6(2)16;/h;;1H2. The number of hydrogen-bond donors (Lipinski definition) is 0. The summed E-state index contributed by atoms with van der Waals surface area (Å²) in [5, 5.41) is 0. The molecule has 4 aromatic rings. The Balaban J connectivity index is 0.000000307. The van der Waals surface area contributed by atoms with Gasteiger partial charge in [0.1, 0.15) is 0 Å². The third kappa shape index (κ3) is 9.70. The van der Waals surface area contributed by atoms with Gasteiger partial charge < -0.3 is 5.48 Å². The minimum Gasteiger partial charge on any atom is -0.412 e. The first-order valence-corrected chi connectivity index (χ1v) is 26.1. The predicted molar refractivity (Wildman–Crippen MR) is 261 cm³/mol. The molecule has 0 aliphatic carbocycles. The van der Waals surface area contributed by atoms with E-state index in [0.717, 1.165) is 112 Å². The van der Waals surface area contributed by atoms with Gasteiger partial charge in [-0.2, -0.15) is 0 Å². The molecule has 0 unspecified atom stereocenters. The van der Waals surface area contributed by atoms with Crippen molar-refractivity contribution in [2.24, 2.45) is 0 Å². The number of hydrogen-bond acceptors (Lipinski definition) is 0. The zero-order chi connectivity index (χ0) is 33.9. The molecule has 4 aromatic carbocycles. The maximum atomic E-state index is 3.68. The molecule has 21 heteroatoms. The molecule has 0 aliphatic heterocycles. The maximum Gasteiger partial charge on any atom is 0.0482 e. The average molecular weight is 1900 g/mol. The second-order valence-corrected chi connectivity index (χ2v) is 23.6. The van der Waals surface area contributed by atoms with Crippen molar-refractivity contribution in [3.63, 3.8) is 0 Å². The minimum absolute atomic E-state index is 0. The molecular weight excluding hydrogens is 1900 g/mol. The van der Waals surface area contributed by atoms with Crippen molar-refractivity contribution in [2.75, 3.05) is 0 Å². The molecule has 4 rings (SSSR count). The topological polar surface area (TPSA) is 31.5 Å². The summed E-state index contributed by atoms with van der Waals surface area (Å²) in [4.78, 5) is 0. The zero-order valence-corrected chi connectivity index (χ0v) is 51.8. The fourth-order valence-corrected chi connectivity index (χ4v) is 17.1. The molecular formula is C24H2Br20O. The van der Waals surface area contributed by atoms with Crippen molar-refractivity contribution < 1.29 is 5.48 Å². The molecule has 244 valence electrons. The Morgan fingerprint density at radius 2 is 0.200 bits per heavy atom. The van der Waals surface area contributed by atoms with Gasteiger partial charge in [0.2, 0.25) is 0 Å². The lowest BCUT2D eigenvalue weighted by Crippen LogP contribution is -1.93. The van der Waals surface area contributed by atoms with E-state index in [1.54, 1.807) is 0 Å². The van der Waals surface area contributed by atoms with Crippen LogP contribution in [0, 0.1) is 0 Å². The summed E-state index contributed by atoms with van der Waals surface area (Å²) in [6.07, 6.45) is 0. The van der Waals surface area contributed by atoms with Crippen LogP contribution in [0.2, 0.25) is 0 Å². The molecule has 0 atom stereocenters. The highest BCUT2D eigenvalue weighted by atomic mass is 79.9. The van der Waals surface area contributed by atoms with Gasteiger partial charge in [0.15, 0.2) is 0 Å². The van der Waals surface area contributed by atoms with E-state index in [0.29, 0.717) is 0 Å². The van der Waals surface area contributed by atoms with Gasteiger partial charge in [-0.15, -0.1) is 0 Å². The zero-order valence-electron chi connectivity index (χ0n) is 20.1. The highest BCUT2D eigenvalue weighted by Crippen LogP contribution is 2.57. The maximum absolute atomic E-state index is 3.68. The molecule has 0 radical (unpaired) electrons. The molecule has 45 heavy (non-hydrogen) atoms. The molecule has 0 saturated carbocycles. The summed E-state index contributed by atoms with van der Waals surface area (Å²) in [5.74, 6) is 0. The summed E-state index contributed by atoms with van der Waals surface area (Å²) in [6, 6.07) is 0. The highest BCUT2D eigenvalue weighted by Gasteiger charge is 2.27. The minimum atomic E-state index is 0. The lowest BCUT2D eigenvalue weighted by atomic mass is 10.1. The van der Waals surface area contributed by atoms with Crippen LogP contribution >= 0.6 is 319 Å². The van der Waals surface area contributed by atoms with Gasteiger partial charge in [-0.3, -0.25) is 0 Å². The Hall–Kier alpha value is 6.44. The third-order valence-corrected chi connectivity index (χ3v) is 29.7. The van der Waals surface area contributed by atoms with Crippen LogP contribution in [0.4, 0.5) is 0 Å². The van der Waals surface area contributed by atoms with E-state index in [-0.39, 0.29) is 5.48 Å². The fraction of sp³-hybridized carbons (Fsp3) is 0. The van der Waals surface area contributed by atoms with Crippen LogP contribution in [0.15, 0.2) is 89.5 Å². The van der Waals surface area contributed by atoms with Crippen LogP contribution in [0.3, 0.4) is 0 Å². The molecule has 0 fully saturated rings.